The summed E-state index contributed by atoms with van der Waals surface area (Å²) in [6.07, 6.45) is 2.89. The minimum atomic E-state index is -0.264. The molecule has 4 nitrogen and oxygen atoms in total. The number of ether oxygens (including phenoxy) is 2. The van der Waals surface area contributed by atoms with Crippen molar-refractivity contribution in [2.45, 2.75) is 38.3 Å². The summed E-state index contributed by atoms with van der Waals surface area (Å²) in [7, 11) is 3.22. The molecule has 0 radical (unpaired) electrons. The number of amides is 1. The van der Waals surface area contributed by atoms with Gasteiger partial charge in [0.15, 0.2) is 0 Å². The van der Waals surface area contributed by atoms with Crippen LogP contribution in [0.5, 0.6) is 11.5 Å². The number of hydrogen-bond donors (Lipinski definition) is 0. The highest BCUT2D eigenvalue weighted by Crippen LogP contribution is 2.30. The quantitative estimate of drug-likeness (QED) is 0.718. The molecule has 1 amide bonds. The van der Waals surface area contributed by atoms with Gasteiger partial charge in [0.1, 0.15) is 17.3 Å². The van der Waals surface area contributed by atoms with Gasteiger partial charge in [-0.2, -0.15) is 0 Å². The second-order valence-corrected chi connectivity index (χ2v) is 6.52. The van der Waals surface area contributed by atoms with Crippen molar-refractivity contribution in [1.82, 2.24) is 4.90 Å². The van der Waals surface area contributed by atoms with E-state index in [1.54, 1.807) is 32.4 Å². The van der Waals surface area contributed by atoms with Gasteiger partial charge in [0.05, 0.1) is 14.2 Å². The van der Waals surface area contributed by atoms with E-state index < -0.39 is 0 Å². The monoisotopic (exact) mass is 357 g/mol. The summed E-state index contributed by atoms with van der Waals surface area (Å²) in [6, 6.07) is 12.4. The summed E-state index contributed by atoms with van der Waals surface area (Å²) in [5, 5.41) is 0. The molecule has 0 bridgehead atoms. The van der Waals surface area contributed by atoms with Gasteiger partial charge in [-0.3, -0.25) is 4.79 Å². The molecule has 1 fully saturated rings. The first-order chi connectivity index (χ1) is 12.6. The molecule has 0 N–H and O–H groups in total. The lowest BCUT2D eigenvalue weighted by Crippen LogP contribution is -2.33. The molecule has 1 aliphatic carbocycles. The van der Waals surface area contributed by atoms with Crippen molar-refractivity contribution in [1.29, 1.82) is 0 Å². The lowest BCUT2D eigenvalue weighted by Gasteiger charge is -2.23. The maximum atomic E-state index is 14.0. The van der Waals surface area contributed by atoms with E-state index in [-0.39, 0.29) is 17.8 Å². The largest absolute Gasteiger partial charge is 0.497 e. The van der Waals surface area contributed by atoms with Crippen LogP contribution in [0, 0.1) is 5.82 Å². The SMILES string of the molecule is COc1ccc(OC)c(CCC(=O)N(Cc2ccccc2F)C2CC2)c1. The van der Waals surface area contributed by atoms with Crippen LogP contribution in [0.4, 0.5) is 4.39 Å². The van der Waals surface area contributed by atoms with Crippen LogP contribution in [0.15, 0.2) is 42.5 Å². The Morgan fingerprint density at radius 3 is 2.54 bits per heavy atom. The van der Waals surface area contributed by atoms with Crippen molar-refractivity contribution in [2.24, 2.45) is 0 Å². The fourth-order valence-corrected chi connectivity index (χ4v) is 3.08. The predicted octanol–water partition coefficient (Wildman–Crippen LogP) is 3.97. The van der Waals surface area contributed by atoms with Crippen LogP contribution >= 0.6 is 0 Å². The van der Waals surface area contributed by atoms with Gasteiger partial charge in [-0.05, 0) is 49.1 Å². The van der Waals surface area contributed by atoms with E-state index >= 15 is 0 Å². The molecule has 2 aromatic rings. The van der Waals surface area contributed by atoms with Crippen LogP contribution in [-0.4, -0.2) is 31.1 Å². The summed E-state index contributed by atoms with van der Waals surface area (Å²) >= 11 is 0. The number of rotatable bonds is 8. The number of benzene rings is 2. The van der Waals surface area contributed by atoms with E-state index in [4.69, 9.17) is 9.47 Å². The van der Waals surface area contributed by atoms with Crippen LogP contribution in [0.25, 0.3) is 0 Å². The first-order valence-electron chi connectivity index (χ1n) is 8.86. The zero-order chi connectivity index (χ0) is 18.5. The molecule has 0 atom stereocenters. The van der Waals surface area contributed by atoms with Crippen molar-refractivity contribution in [3.8, 4) is 11.5 Å². The molecular weight excluding hydrogens is 333 g/mol. The van der Waals surface area contributed by atoms with E-state index in [0.29, 0.717) is 24.9 Å². The van der Waals surface area contributed by atoms with Gasteiger partial charge >= 0.3 is 0 Å². The minimum Gasteiger partial charge on any atom is -0.497 e. The van der Waals surface area contributed by atoms with E-state index in [9.17, 15) is 9.18 Å². The van der Waals surface area contributed by atoms with E-state index in [0.717, 1.165) is 29.9 Å². The topological polar surface area (TPSA) is 38.8 Å². The predicted molar refractivity (Wildman–Crippen MR) is 97.8 cm³/mol. The first kappa shape index (κ1) is 18.2. The number of hydrogen-bond acceptors (Lipinski definition) is 3. The molecule has 3 rings (SSSR count). The third kappa shape index (κ3) is 4.34. The van der Waals surface area contributed by atoms with Gasteiger partial charge in [0, 0.05) is 24.6 Å². The van der Waals surface area contributed by atoms with Crippen LogP contribution < -0.4 is 9.47 Å². The lowest BCUT2D eigenvalue weighted by atomic mass is 10.1. The second kappa shape index (κ2) is 8.21. The average molecular weight is 357 g/mol. The van der Waals surface area contributed by atoms with Crippen molar-refractivity contribution in [3.63, 3.8) is 0 Å². The number of carbonyl (C=O) groups excluding carboxylic acids is 1. The summed E-state index contributed by atoms with van der Waals surface area (Å²) in [6.45, 7) is 0.325. The third-order valence-electron chi connectivity index (χ3n) is 4.70. The summed E-state index contributed by atoms with van der Waals surface area (Å²) in [4.78, 5) is 14.6. The number of methoxy groups -OCH3 is 2. The van der Waals surface area contributed by atoms with Crippen LogP contribution in [0.1, 0.15) is 30.4 Å². The van der Waals surface area contributed by atoms with Crippen molar-refractivity contribution >= 4 is 5.91 Å². The van der Waals surface area contributed by atoms with Gasteiger partial charge < -0.3 is 14.4 Å². The standard InChI is InChI=1S/C21H24FNO3/c1-25-18-10-11-20(26-2)15(13-18)7-12-21(24)23(17-8-9-17)14-16-5-3-4-6-19(16)22/h3-6,10-11,13,17H,7-9,12,14H2,1-2H3. The summed E-state index contributed by atoms with van der Waals surface area (Å²) < 4.78 is 24.6. The molecule has 0 unspecified atom stereocenters. The molecule has 0 spiro atoms. The van der Waals surface area contributed by atoms with Crippen LogP contribution in [0.2, 0.25) is 0 Å². The number of nitrogens with zero attached hydrogens (tertiary/aromatic N) is 1. The van der Waals surface area contributed by atoms with Gasteiger partial charge in [0.2, 0.25) is 5.91 Å². The maximum absolute atomic E-state index is 14.0. The highest BCUT2D eigenvalue weighted by atomic mass is 19.1. The Hall–Kier alpha value is -2.56. The number of carbonyl (C=O) groups is 1. The maximum Gasteiger partial charge on any atom is 0.223 e. The molecule has 26 heavy (non-hydrogen) atoms. The first-order valence-corrected chi connectivity index (χ1v) is 8.86. The summed E-state index contributed by atoms with van der Waals surface area (Å²) in [5.74, 6) is 1.25. The highest BCUT2D eigenvalue weighted by molar-refractivity contribution is 5.77. The smallest absolute Gasteiger partial charge is 0.223 e. The fraction of sp³-hybridized carbons (Fsp3) is 0.381. The molecule has 0 aromatic heterocycles. The second-order valence-electron chi connectivity index (χ2n) is 6.52. The van der Waals surface area contributed by atoms with Crippen molar-refractivity contribution < 1.29 is 18.7 Å². The number of aryl methyl sites for hydroxylation is 1. The molecule has 2 aromatic carbocycles. The molecule has 5 heteroatoms. The zero-order valence-electron chi connectivity index (χ0n) is 15.2. The molecule has 0 heterocycles. The van der Waals surface area contributed by atoms with Gasteiger partial charge in [-0.15, -0.1) is 0 Å². The average Bonchev–Trinajstić information content (AvgIpc) is 3.50. The highest BCUT2D eigenvalue weighted by Gasteiger charge is 2.32. The number of halogens is 1. The van der Waals surface area contributed by atoms with Crippen molar-refractivity contribution in [3.05, 3.63) is 59.4 Å². The van der Waals surface area contributed by atoms with Gasteiger partial charge in [0.25, 0.3) is 0 Å². The van der Waals surface area contributed by atoms with Gasteiger partial charge in [-0.1, -0.05) is 18.2 Å². The van der Waals surface area contributed by atoms with Gasteiger partial charge in [-0.25, -0.2) is 4.39 Å². The Labute approximate surface area is 153 Å². The van der Waals surface area contributed by atoms with Crippen LogP contribution in [0.3, 0.4) is 0 Å². The Kier molecular flexibility index (Phi) is 5.76. The molecule has 0 saturated heterocycles. The molecule has 1 saturated carbocycles. The minimum absolute atomic E-state index is 0.0422. The molecule has 1 aliphatic rings. The Balaban J connectivity index is 1.68. The Bertz CT molecular complexity index is 774. The van der Waals surface area contributed by atoms with E-state index in [2.05, 4.69) is 0 Å². The fourth-order valence-electron chi connectivity index (χ4n) is 3.08. The lowest BCUT2D eigenvalue weighted by molar-refractivity contribution is -0.132. The van der Waals surface area contributed by atoms with Crippen molar-refractivity contribution in [2.75, 3.05) is 14.2 Å². The zero-order valence-corrected chi connectivity index (χ0v) is 15.2. The third-order valence-corrected chi connectivity index (χ3v) is 4.70. The molecular formula is C21H24FNO3. The summed E-state index contributed by atoms with van der Waals surface area (Å²) in [5.41, 5.74) is 1.49. The van der Waals surface area contributed by atoms with Crippen LogP contribution in [-0.2, 0) is 17.8 Å². The van der Waals surface area contributed by atoms with E-state index in [1.807, 2.05) is 23.1 Å². The Morgan fingerprint density at radius 2 is 1.88 bits per heavy atom. The Morgan fingerprint density at radius 1 is 1.12 bits per heavy atom. The molecule has 138 valence electrons. The molecule has 0 aliphatic heterocycles. The van der Waals surface area contributed by atoms with E-state index in [1.165, 1.54) is 6.07 Å². The normalized spacial score (nSPS) is 13.3.